The van der Waals surface area contributed by atoms with Crippen LogP contribution in [0.3, 0.4) is 0 Å². The van der Waals surface area contributed by atoms with Gasteiger partial charge in [0.2, 0.25) is 0 Å². The monoisotopic (exact) mass is 370 g/mol. The van der Waals surface area contributed by atoms with Gasteiger partial charge in [-0.25, -0.2) is 4.39 Å². The van der Waals surface area contributed by atoms with E-state index in [4.69, 9.17) is 4.42 Å². The molecule has 0 saturated carbocycles. The molecule has 27 heavy (non-hydrogen) atoms. The predicted molar refractivity (Wildman–Crippen MR) is 103 cm³/mol. The summed E-state index contributed by atoms with van der Waals surface area (Å²) in [5, 5.41) is 19.6. The Bertz CT molecular complexity index is 820. The van der Waals surface area contributed by atoms with Crippen molar-refractivity contribution < 1.29 is 13.9 Å². The van der Waals surface area contributed by atoms with Crippen molar-refractivity contribution in [2.24, 2.45) is 10.8 Å². The molecule has 2 atom stereocenters. The molecule has 1 fully saturated rings. The number of phenols is 1. The fourth-order valence-corrected chi connectivity index (χ4v) is 4.17. The molecule has 0 spiro atoms. The Morgan fingerprint density at radius 1 is 1.37 bits per heavy atom. The average molecular weight is 370 g/mol. The minimum Gasteiger partial charge on any atom is -0.507 e. The molecule has 1 aliphatic rings. The number of nitriles is 1. The minimum absolute atomic E-state index is 0.157. The van der Waals surface area contributed by atoms with E-state index >= 15 is 4.39 Å². The topological polar surface area (TPSA) is 60.4 Å². The summed E-state index contributed by atoms with van der Waals surface area (Å²) in [5.41, 5.74) is 0.700. The van der Waals surface area contributed by atoms with Gasteiger partial charge in [-0.3, -0.25) is 4.90 Å². The summed E-state index contributed by atoms with van der Waals surface area (Å²) in [7, 11) is 0. The summed E-state index contributed by atoms with van der Waals surface area (Å²) in [5.74, 6) is 0.775. The first-order valence-electron chi connectivity index (χ1n) is 9.36. The second-order valence-electron chi connectivity index (χ2n) is 8.52. The number of furan rings is 1. The lowest BCUT2D eigenvalue weighted by atomic mass is 9.59. The fraction of sp³-hybridized carbons (Fsp3) is 0.500. The summed E-state index contributed by atoms with van der Waals surface area (Å²) in [4.78, 5) is 2.06. The number of halogens is 1. The van der Waals surface area contributed by atoms with Crippen molar-refractivity contribution in [2.45, 2.75) is 46.3 Å². The van der Waals surface area contributed by atoms with Crippen LogP contribution in [0.25, 0.3) is 11.3 Å². The van der Waals surface area contributed by atoms with Gasteiger partial charge in [0.15, 0.2) is 0 Å². The molecule has 4 nitrogen and oxygen atoms in total. The van der Waals surface area contributed by atoms with Crippen LogP contribution in [0.4, 0.5) is 4.39 Å². The first kappa shape index (κ1) is 19.4. The molecule has 5 heteroatoms. The van der Waals surface area contributed by atoms with Crippen LogP contribution in [-0.4, -0.2) is 29.3 Å². The lowest BCUT2D eigenvalue weighted by Crippen LogP contribution is -2.54. The normalized spacial score (nSPS) is 23.9. The molecule has 1 aromatic carbocycles. The summed E-state index contributed by atoms with van der Waals surface area (Å²) >= 11 is 0. The van der Waals surface area contributed by atoms with Gasteiger partial charge in [0.05, 0.1) is 17.9 Å². The van der Waals surface area contributed by atoms with Crippen LogP contribution in [0.5, 0.6) is 5.75 Å². The Hall–Kier alpha value is -2.32. The van der Waals surface area contributed by atoms with E-state index in [0.717, 1.165) is 12.1 Å². The van der Waals surface area contributed by atoms with Gasteiger partial charge in [0.1, 0.15) is 17.7 Å². The first-order chi connectivity index (χ1) is 12.8. The third kappa shape index (κ3) is 3.72. The molecule has 0 bridgehead atoms. The molecule has 3 rings (SSSR count). The number of likely N-dealkylation sites (tertiary alicyclic amines) is 1. The molecule has 144 valence electrons. The van der Waals surface area contributed by atoms with Crippen LogP contribution in [0.2, 0.25) is 0 Å². The molecular weight excluding hydrogens is 343 g/mol. The first-order valence-corrected chi connectivity index (χ1v) is 9.36. The predicted octanol–water partition coefficient (Wildman–Crippen LogP) is 5.14. The van der Waals surface area contributed by atoms with Crippen LogP contribution in [0.1, 0.15) is 39.2 Å². The lowest BCUT2D eigenvalue weighted by Gasteiger charge is -2.51. The Morgan fingerprint density at radius 3 is 2.70 bits per heavy atom. The minimum atomic E-state index is -1.05. The summed E-state index contributed by atoms with van der Waals surface area (Å²) in [6.45, 7) is 7.69. The zero-order valence-electron chi connectivity index (χ0n) is 16.2. The van der Waals surface area contributed by atoms with Gasteiger partial charge in [-0.05, 0) is 48.2 Å². The molecular formula is C22H27FN2O2. The Labute approximate surface area is 160 Å². The van der Waals surface area contributed by atoms with E-state index in [1.165, 1.54) is 0 Å². The van der Waals surface area contributed by atoms with Crippen molar-refractivity contribution >= 4 is 0 Å². The number of hydrogen-bond donors (Lipinski definition) is 1. The van der Waals surface area contributed by atoms with Gasteiger partial charge in [-0.2, -0.15) is 5.26 Å². The van der Waals surface area contributed by atoms with Crippen molar-refractivity contribution in [2.75, 3.05) is 13.1 Å². The van der Waals surface area contributed by atoms with E-state index in [1.807, 2.05) is 32.9 Å². The van der Waals surface area contributed by atoms with E-state index in [0.29, 0.717) is 30.8 Å². The van der Waals surface area contributed by atoms with Crippen molar-refractivity contribution in [3.8, 4) is 23.1 Å². The smallest absolute Gasteiger partial charge is 0.137 e. The number of nitrogens with zero attached hydrogens (tertiary/aromatic N) is 2. The highest BCUT2D eigenvalue weighted by atomic mass is 19.1. The third-order valence-corrected chi connectivity index (χ3v) is 6.04. The number of aromatic hydroxyl groups is 1. The Morgan fingerprint density at radius 2 is 2.15 bits per heavy atom. The van der Waals surface area contributed by atoms with E-state index in [1.54, 1.807) is 24.5 Å². The molecule has 2 unspecified atom stereocenters. The number of rotatable bonds is 4. The molecule has 1 N–H and O–H groups in total. The zero-order valence-corrected chi connectivity index (χ0v) is 16.2. The molecule has 1 saturated heterocycles. The second-order valence-corrected chi connectivity index (χ2v) is 8.52. The van der Waals surface area contributed by atoms with Gasteiger partial charge in [-0.15, -0.1) is 0 Å². The quantitative estimate of drug-likeness (QED) is 0.809. The third-order valence-electron chi connectivity index (χ3n) is 6.04. The highest BCUT2D eigenvalue weighted by Crippen LogP contribution is 2.50. The van der Waals surface area contributed by atoms with Crippen LogP contribution in [-0.2, 0) is 6.54 Å². The summed E-state index contributed by atoms with van der Waals surface area (Å²) < 4.78 is 20.5. The Balaban J connectivity index is 1.72. The maximum absolute atomic E-state index is 15.2. The summed E-state index contributed by atoms with van der Waals surface area (Å²) in [6.07, 6.45) is 1.41. The molecule has 1 aromatic heterocycles. The van der Waals surface area contributed by atoms with Crippen molar-refractivity contribution in [3.63, 3.8) is 0 Å². The number of hydrogen-bond acceptors (Lipinski definition) is 4. The zero-order chi connectivity index (χ0) is 19.7. The van der Waals surface area contributed by atoms with Crippen molar-refractivity contribution in [3.05, 3.63) is 42.2 Å². The van der Waals surface area contributed by atoms with Crippen LogP contribution < -0.4 is 0 Å². The molecule has 2 aromatic rings. The Kier molecular flexibility index (Phi) is 5.30. The van der Waals surface area contributed by atoms with Crippen molar-refractivity contribution in [1.29, 1.82) is 5.26 Å². The van der Waals surface area contributed by atoms with Crippen LogP contribution in [0, 0.1) is 22.2 Å². The van der Waals surface area contributed by atoms with Crippen LogP contribution in [0.15, 0.2) is 41.0 Å². The van der Waals surface area contributed by atoms with E-state index < -0.39 is 11.6 Å². The maximum atomic E-state index is 15.2. The average Bonchev–Trinajstić information content (AvgIpc) is 3.11. The van der Waals surface area contributed by atoms with Gasteiger partial charge in [0, 0.05) is 24.9 Å². The largest absolute Gasteiger partial charge is 0.507 e. The number of alkyl halides is 1. The SMILES string of the molecule is CC(C)(C)C1(CC#N)CCN(Cc2ccc(-c3ccco3)c(O)c2)CC1F. The van der Waals surface area contributed by atoms with Gasteiger partial charge >= 0.3 is 0 Å². The standard InChI is InChI=1S/C22H27FN2O2/c1-21(2,3)22(8-10-24)9-11-25(15-20(22)23)14-16-6-7-17(18(26)13-16)19-5-4-12-27-19/h4-7,12-13,20,26H,8-9,11,14-15H2,1-3H3. The lowest BCUT2D eigenvalue weighted by molar-refractivity contribution is -0.0660. The highest BCUT2D eigenvalue weighted by molar-refractivity contribution is 5.65. The number of benzene rings is 1. The second kappa shape index (κ2) is 7.36. The van der Waals surface area contributed by atoms with Gasteiger partial charge < -0.3 is 9.52 Å². The van der Waals surface area contributed by atoms with Crippen molar-refractivity contribution in [1.82, 2.24) is 4.90 Å². The highest BCUT2D eigenvalue weighted by Gasteiger charge is 2.51. The van der Waals surface area contributed by atoms with E-state index in [9.17, 15) is 10.4 Å². The van der Waals surface area contributed by atoms with Crippen LogP contribution >= 0.6 is 0 Å². The van der Waals surface area contributed by atoms with E-state index in [-0.39, 0.29) is 17.6 Å². The molecule has 0 amide bonds. The van der Waals surface area contributed by atoms with Gasteiger partial charge in [0.25, 0.3) is 0 Å². The van der Waals surface area contributed by atoms with Gasteiger partial charge in [-0.1, -0.05) is 26.8 Å². The number of phenolic OH excluding ortho intramolecular Hbond substituents is 1. The molecule has 0 aliphatic carbocycles. The molecule has 2 heterocycles. The fourth-order valence-electron chi connectivity index (χ4n) is 4.17. The maximum Gasteiger partial charge on any atom is 0.137 e. The van der Waals surface area contributed by atoms with E-state index in [2.05, 4.69) is 11.0 Å². The number of piperidine rings is 1. The molecule has 1 aliphatic heterocycles. The summed E-state index contributed by atoms with van der Waals surface area (Å²) in [6, 6.07) is 11.3. The molecule has 0 radical (unpaired) electrons.